The smallest absolute Gasteiger partial charge is 0.219 e. The molecule has 108 valence electrons. The molecule has 0 spiro atoms. The lowest BCUT2D eigenvalue weighted by atomic mass is 9.86. The first-order chi connectivity index (χ1) is 9.70. The molecular weight excluding hydrogens is 252 g/mol. The monoisotopic (exact) mass is 274 g/mol. The fourth-order valence-electron chi connectivity index (χ4n) is 3.67. The van der Waals surface area contributed by atoms with Crippen LogP contribution in [0.4, 0.5) is 0 Å². The molecular formula is C16H22N2O2. The number of carbonyl (C=O) groups is 1. The number of hydrogen-bond donors (Lipinski definition) is 1. The van der Waals surface area contributed by atoms with Crippen molar-refractivity contribution in [2.45, 2.75) is 37.8 Å². The zero-order valence-electron chi connectivity index (χ0n) is 12.1. The Morgan fingerprint density at radius 3 is 2.75 bits per heavy atom. The van der Waals surface area contributed by atoms with Gasteiger partial charge in [-0.1, -0.05) is 12.1 Å². The predicted octanol–water partition coefficient (Wildman–Crippen LogP) is 1.76. The normalized spacial score (nSPS) is 29.1. The molecule has 0 aromatic heterocycles. The fourth-order valence-corrected chi connectivity index (χ4v) is 3.67. The zero-order valence-corrected chi connectivity index (χ0v) is 12.1. The maximum Gasteiger partial charge on any atom is 0.219 e. The molecule has 2 heterocycles. The molecule has 2 aliphatic heterocycles. The molecule has 1 N–H and O–H groups in total. The molecule has 0 unspecified atom stereocenters. The van der Waals surface area contributed by atoms with E-state index in [9.17, 15) is 4.79 Å². The summed E-state index contributed by atoms with van der Waals surface area (Å²) in [6.07, 6.45) is 2.27. The van der Waals surface area contributed by atoms with Gasteiger partial charge in [0.05, 0.1) is 13.2 Å². The predicted molar refractivity (Wildman–Crippen MR) is 77.9 cm³/mol. The van der Waals surface area contributed by atoms with Crippen LogP contribution in [0, 0.1) is 0 Å². The molecule has 4 nitrogen and oxygen atoms in total. The van der Waals surface area contributed by atoms with Crippen LogP contribution >= 0.6 is 0 Å². The van der Waals surface area contributed by atoms with Crippen molar-refractivity contribution in [3.63, 3.8) is 0 Å². The Morgan fingerprint density at radius 2 is 2.10 bits per heavy atom. The number of benzene rings is 1. The highest BCUT2D eigenvalue weighted by atomic mass is 16.5. The minimum Gasteiger partial charge on any atom is -0.497 e. The lowest BCUT2D eigenvalue weighted by molar-refractivity contribution is -0.132. The second-order valence-electron chi connectivity index (χ2n) is 5.74. The number of ether oxygens (including phenoxy) is 1. The molecule has 0 saturated carbocycles. The summed E-state index contributed by atoms with van der Waals surface area (Å²) in [5.74, 6) is 1.46. The van der Waals surface area contributed by atoms with E-state index in [-0.39, 0.29) is 5.91 Å². The van der Waals surface area contributed by atoms with Gasteiger partial charge in [0, 0.05) is 32.0 Å². The third-order valence-electron chi connectivity index (χ3n) is 4.65. The topological polar surface area (TPSA) is 41.6 Å². The lowest BCUT2D eigenvalue weighted by Gasteiger charge is -2.39. The minimum atomic E-state index is 0.196. The highest BCUT2D eigenvalue weighted by molar-refractivity contribution is 5.74. The average molecular weight is 274 g/mol. The van der Waals surface area contributed by atoms with Gasteiger partial charge in [0.15, 0.2) is 0 Å². The van der Waals surface area contributed by atoms with Gasteiger partial charge in [-0.25, -0.2) is 0 Å². The Kier molecular flexibility index (Phi) is 3.66. The standard InChI is InChI=1S/C16H22N2O2/c1-11(19)18-9-3-4-15-16(18)14(10-17-15)12-5-7-13(20-2)8-6-12/h5-8,14-17H,3-4,9-10H2,1-2H3/t14-,15-,16+/m0/s1. The van der Waals surface area contributed by atoms with Crippen molar-refractivity contribution in [3.8, 4) is 5.75 Å². The maximum absolute atomic E-state index is 11.9. The molecule has 1 aromatic carbocycles. The summed E-state index contributed by atoms with van der Waals surface area (Å²) in [4.78, 5) is 14.0. The van der Waals surface area contributed by atoms with E-state index in [4.69, 9.17) is 4.74 Å². The number of carbonyl (C=O) groups excluding carboxylic acids is 1. The van der Waals surface area contributed by atoms with E-state index in [0.717, 1.165) is 25.3 Å². The summed E-state index contributed by atoms with van der Waals surface area (Å²) in [7, 11) is 1.68. The summed E-state index contributed by atoms with van der Waals surface area (Å²) >= 11 is 0. The van der Waals surface area contributed by atoms with Crippen LogP contribution in [-0.4, -0.2) is 43.1 Å². The van der Waals surface area contributed by atoms with Crippen molar-refractivity contribution in [2.75, 3.05) is 20.2 Å². The first kappa shape index (κ1) is 13.4. The van der Waals surface area contributed by atoms with Gasteiger partial charge in [0.2, 0.25) is 5.91 Å². The molecule has 0 bridgehead atoms. The van der Waals surface area contributed by atoms with Crippen molar-refractivity contribution in [3.05, 3.63) is 29.8 Å². The SMILES string of the molecule is COc1ccc([C@@H]2CN[C@H]3CCCN(C(C)=O)[C@@H]32)cc1. The Balaban J connectivity index is 1.86. The Bertz CT molecular complexity index is 486. The number of nitrogens with zero attached hydrogens (tertiary/aromatic N) is 1. The van der Waals surface area contributed by atoms with Gasteiger partial charge in [-0.3, -0.25) is 4.79 Å². The summed E-state index contributed by atoms with van der Waals surface area (Å²) in [5.41, 5.74) is 1.29. The molecule has 3 rings (SSSR count). The van der Waals surface area contributed by atoms with Crippen molar-refractivity contribution < 1.29 is 9.53 Å². The number of hydrogen-bond acceptors (Lipinski definition) is 3. The number of rotatable bonds is 2. The average Bonchev–Trinajstić information content (AvgIpc) is 2.91. The van der Waals surface area contributed by atoms with E-state index in [1.54, 1.807) is 14.0 Å². The van der Waals surface area contributed by atoms with Gasteiger partial charge in [-0.15, -0.1) is 0 Å². The number of amides is 1. The molecule has 1 aromatic rings. The number of nitrogens with one attached hydrogen (secondary N) is 1. The van der Waals surface area contributed by atoms with Crippen LogP contribution in [0.25, 0.3) is 0 Å². The van der Waals surface area contributed by atoms with Crippen LogP contribution < -0.4 is 10.1 Å². The summed E-state index contributed by atoms with van der Waals surface area (Å²) < 4.78 is 5.22. The van der Waals surface area contributed by atoms with Gasteiger partial charge in [0.25, 0.3) is 0 Å². The number of fused-ring (bicyclic) bond motifs is 1. The minimum absolute atomic E-state index is 0.196. The maximum atomic E-state index is 11.9. The highest BCUT2D eigenvalue weighted by Crippen LogP contribution is 2.35. The number of methoxy groups -OCH3 is 1. The summed E-state index contributed by atoms with van der Waals surface area (Å²) in [6.45, 7) is 3.53. The van der Waals surface area contributed by atoms with E-state index in [2.05, 4.69) is 22.3 Å². The molecule has 0 aliphatic carbocycles. The third kappa shape index (κ3) is 2.29. The van der Waals surface area contributed by atoms with Gasteiger partial charge in [-0.2, -0.15) is 0 Å². The first-order valence-electron chi connectivity index (χ1n) is 7.35. The van der Waals surface area contributed by atoms with E-state index < -0.39 is 0 Å². The van der Waals surface area contributed by atoms with E-state index >= 15 is 0 Å². The highest BCUT2D eigenvalue weighted by Gasteiger charge is 2.43. The van der Waals surface area contributed by atoms with Crippen LogP contribution in [0.5, 0.6) is 5.75 Å². The van der Waals surface area contributed by atoms with E-state index in [1.165, 1.54) is 12.0 Å². The Morgan fingerprint density at radius 1 is 1.35 bits per heavy atom. The van der Waals surface area contributed by atoms with Crippen molar-refractivity contribution in [1.29, 1.82) is 0 Å². The second-order valence-corrected chi connectivity index (χ2v) is 5.74. The molecule has 3 atom stereocenters. The first-order valence-corrected chi connectivity index (χ1v) is 7.35. The molecule has 1 amide bonds. The third-order valence-corrected chi connectivity index (χ3v) is 4.65. The molecule has 4 heteroatoms. The van der Waals surface area contributed by atoms with Gasteiger partial charge < -0.3 is 15.0 Å². The van der Waals surface area contributed by atoms with Gasteiger partial charge >= 0.3 is 0 Å². The Labute approximate surface area is 120 Å². The van der Waals surface area contributed by atoms with Gasteiger partial charge in [0.1, 0.15) is 5.75 Å². The van der Waals surface area contributed by atoms with Crippen LogP contribution in [0.15, 0.2) is 24.3 Å². The summed E-state index contributed by atoms with van der Waals surface area (Å²) in [5, 5.41) is 3.60. The molecule has 2 aliphatic rings. The van der Waals surface area contributed by atoms with Crippen molar-refractivity contribution in [1.82, 2.24) is 10.2 Å². The van der Waals surface area contributed by atoms with Crippen LogP contribution in [-0.2, 0) is 4.79 Å². The van der Waals surface area contributed by atoms with E-state index in [1.807, 2.05) is 12.1 Å². The molecule has 0 radical (unpaired) electrons. The molecule has 2 fully saturated rings. The Hall–Kier alpha value is -1.55. The van der Waals surface area contributed by atoms with Crippen molar-refractivity contribution in [2.24, 2.45) is 0 Å². The van der Waals surface area contributed by atoms with Crippen LogP contribution in [0.1, 0.15) is 31.2 Å². The van der Waals surface area contributed by atoms with Crippen LogP contribution in [0.3, 0.4) is 0 Å². The van der Waals surface area contributed by atoms with Gasteiger partial charge in [-0.05, 0) is 30.5 Å². The van der Waals surface area contributed by atoms with E-state index in [0.29, 0.717) is 18.0 Å². The van der Waals surface area contributed by atoms with Crippen LogP contribution in [0.2, 0.25) is 0 Å². The second kappa shape index (κ2) is 5.44. The fraction of sp³-hybridized carbons (Fsp3) is 0.562. The number of likely N-dealkylation sites (tertiary alicyclic amines) is 1. The number of piperidine rings is 1. The quantitative estimate of drug-likeness (QED) is 0.893. The zero-order chi connectivity index (χ0) is 14.1. The lowest BCUT2D eigenvalue weighted by Crippen LogP contribution is -2.52. The molecule has 20 heavy (non-hydrogen) atoms. The largest absolute Gasteiger partial charge is 0.497 e. The molecule has 2 saturated heterocycles. The van der Waals surface area contributed by atoms with Crippen molar-refractivity contribution >= 4 is 5.91 Å². The summed E-state index contributed by atoms with van der Waals surface area (Å²) in [6, 6.07) is 9.00.